The van der Waals surface area contributed by atoms with Crippen LogP contribution < -0.4 is 0 Å². The quantitative estimate of drug-likeness (QED) is 0.615. The van der Waals surface area contributed by atoms with Crippen molar-refractivity contribution < 1.29 is 13.9 Å². The molecule has 0 aromatic heterocycles. The summed E-state index contributed by atoms with van der Waals surface area (Å²) in [5, 5.41) is 10.6. The van der Waals surface area contributed by atoms with Gasteiger partial charge in [-0.2, -0.15) is 0 Å². The van der Waals surface area contributed by atoms with Crippen LogP contribution >= 0.6 is 11.6 Å². The summed E-state index contributed by atoms with van der Waals surface area (Å²) in [5.74, 6) is 0.0444. The first-order valence-electron chi connectivity index (χ1n) is 5.75. The minimum absolute atomic E-state index is 0.0824. The molecule has 0 heterocycles. The zero-order valence-electron chi connectivity index (χ0n) is 11.3. The highest BCUT2D eigenvalue weighted by Gasteiger charge is 2.21. The zero-order valence-corrected chi connectivity index (χ0v) is 12.9. The van der Waals surface area contributed by atoms with Crippen LogP contribution in [0.3, 0.4) is 0 Å². The van der Waals surface area contributed by atoms with Gasteiger partial charge < -0.3 is 4.90 Å². The number of rotatable bonds is 5. The van der Waals surface area contributed by atoms with Crippen molar-refractivity contribution in [2.75, 3.05) is 19.1 Å². The Hall–Kier alpha value is -1.47. The molecule has 0 bridgehead atoms. The molecule has 0 fully saturated rings. The van der Waals surface area contributed by atoms with Gasteiger partial charge in [0, 0.05) is 47.5 Å². The largest absolute Gasteiger partial charge is 0.338 e. The van der Waals surface area contributed by atoms with E-state index in [1.165, 1.54) is 23.1 Å². The summed E-state index contributed by atoms with van der Waals surface area (Å²) in [5.41, 5.74) is 0.0189. The van der Waals surface area contributed by atoms with Crippen LogP contribution in [0, 0.1) is 10.1 Å². The van der Waals surface area contributed by atoms with Gasteiger partial charge in [-0.3, -0.25) is 19.1 Å². The molecule has 6 nitrogen and oxygen atoms in total. The molecule has 0 aliphatic carbocycles. The summed E-state index contributed by atoms with van der Waals surface area (Å²) in [4.78, 5) is 23.7. The van der Waals surface area contributed by atoms with Gasteiger partial charge in [-0.1, -0.05) is 11.6 Å². The first-order chi connectivity index (χ1) is 9.23. The minimum Gasteiger partial charge on any atom is -0.338 e. The van der Waals surface area contributed by atoms with Gasteiger partial charge >= 0.3 is 0 Å². The number of nitro benzene ring substituents is 1. The van der Waals surface area contributed by atoms with Crippen LogP contribution in [-0.2, 0) is 10.8 Å². The molecule has 20 heavy (non-hydrogen) atoms. The van der Waals surface area contributed by atoms with Gasteiger partial charge in [-0.25, -0.2) is 0 Å². The van der Waals surface area contributed by atoms with E-state index in [2.05, 4.69) is 0 Å². The monoisotopic (exact) mass is 318 g/mol. The third-order valence-electron chi connectivity index (χ3n) is 2.85. The molecule has 1 amide bonds. The average molecular weight is 319 g/mol. The smallest absolute Gasteiger partial charge is 0.287 e. The minimum atomic E-state index is -1.01. The van der Waals surface area contributed by atoms with E-state index >= 15 is 0 Å². The van der Waals surface area contributed by atoms with Gasteiger partial charge in [0.1, 0.15) is 5.02 Å². The number of nitro groups is 1. The lowest BCUT2D eigenvalue weighted by molar-refractivity contribution is -0.384. The SMILES string of the molecule is C[C@@H](C[S@](C)=O)N(C)C(=O)c1ccc([N+](=O)[O-])c(Cl)c1. The summed E-state index contributed by atoms with van der Waals surface area (Å²) in [6.45, 7) is 1.78. The van der Waals surface area contributed by atoms with E-state index in [-0.39, 0.29) is 28.2 Å². The van der Waals surface area contributed by atoms with E-state index in [0.29, 0.717) is 5.75 Å². The Kier molecular flexibility index (Phi) is 5.64. The van der Waals surface area contributed by atoms with Crippen molar-refractivity contribution in [2.24, 2.45) is 0 Å². The molecule has 0 radical (unpaired) electrons. The maximum absolute atomic E-state index is 12.2. The second kappa shape index (κ2) is 6.81. The van der Waals surface area contributed by atoms with E-state index in [0.717, 1.165) is 0 Å². The molecule has 1 aromatic carbocycles. The van der Waals surface area contributed by atoms with Crippen LogP contribution in [0.2, 0.25) is 5.02 Å². The van der Waals surface area contributed by atoms with Crippen molar-refractivity contribution in [3.63, 3.8) is 0 Å². The standard InChI is InChI=1S/C12H15ClN2O4S/c1-8(7-20(3)19)14(2)12(16)9-4-5-11(15(17)18)10(13)6-9/h4-6,8H,7H2,1-3H3/t8-,20-/m0/s1. The summed E-state index contributed by atoms with van der Waals surface area (Å²) in [7, 11) is 0.580. The maximum atomic E-state index is 12.2. The molecule has 1 rings (SSSR count). The normalized spacial score (nSPS) is 13.6. The predicted octanol–water partition coefficient (Wildman–Crippen LogP) is 2.09. The van der Waals surface area contributed by atoms with Crippen LogP contribution in [0.1, 0.15) is 17.3 Å². The third kappa shape index (κ3) is 4.01. The molecule has 8 heteroatoms. The van der Waals surface area contributed by atoms with E-state index in [1.807, 2.05) is 0 Å². The molecule has 0 aliphatic rings. The van der Waals surface area contributed by atoms with E-state index in [1.54, 1.807) is 20.2 Å². The Morgan fingerprint density at radius 3 is 2.60 bits per heavy atom. The third-order valence-corrected chi connectivity index (χ3v) is 4.10. The molecular formula is C12H15ClN2O4S. The fourth-order valence-corrected chi connectivity index (χ4v) is 2.80. The fraction of sp³-hybridized carbons (Fsp3) is 0.417. The number of carbonyl (C=O) groups excluding carboxylic acids is 1. The maximum Gasteiger partial charge on any atom is 0.287 e. The van der Waals surface area contributed by atoms with Crippen LogP contribution in [-0.4, -0.2) is 45.0 Å². The lowest BCUT2D eigenvalue weighted by Crippen LogP contribution is -2.38. The molecule has 1 aromatic rings. The number of hydrogen-bond acceptors (Lipinski definition) is 4. The Morgan fingerprint density at radius 1 is 1.55 bits per heavy atom. The molecule has 0 saturated heterocycles. The van der Waals surface area contributed by atoms with E-state index < -0.39 is 15.7 Å². The van der Waals surface area contributed by atoms with Crippen molar-refractivity contribution >= 4 is 34.0 Å². The summed E-state index contributed by atoms with van der Waals surface area (Å²) in [6, 6.07) is 3.63. The zero-order chi connectivity index (χ0) is 15.4. The van der Waals surface area contributed by atoms with Crippen molar-refractivity contribution in [1.82, 2.24) is 4.90 Å². The number of halogens is 1. The molecule has 2 atom stereocenters. The highest BCUT2D eigenvalue weighted by atomic mass is 35.5. The summed E-state index contributed by atoms with van der Waals surface area (Å²) >= 11 is 5.78. The second-order valence-electron chi connectivity index (χ2n) is 4.43. The highest BCUT2D eigenvalue weighted by molar-refractivity contribution is 7.84. The lowest BCUT2D eigenvalue weighted by atomic mass is 10.1. The molecule has 110 valence electrons. The van der Waals surface area contributed by atoms with Crippen LogP contribution in [0.25, 0.3) is 0 Å². The molecular weight excluding hydrogens is 304 g/mol. The van der Waals surface area contributed by atoms with Crippen LogP contribution in [0.4, 0.5) is 5.69 Å². The number of amides is 1. The Morgan fingerprint density at radius 2 is 2.15 bits per heavy atom. The highest BCUT2D eigenvalue weighted by Crippen LogP contribution is 2.25. The van der Waals surface area contributed by atoms with Gasteiger partial charge in [-0.15, -0.1) is 0 Å². The van der Waals surface area contributed by atoms with Gasteiger partial charge in [-0.05, 0) is 19.1 Å². The van der Waals surface area contributed by atoms with Crippen molar-refractivity contribution in [1.29, 1.82) is 0 Å². The summed E-state index contributed by atoms with van der Waals surface area (Å²) < 4.78 is 11.2. The van der Waals surface area contributed by atoms with Crippen molar-refractivity contribution in [3.05, 3.63) is 38.9 Å². The molecule has 0 unspecified atom stereocenters. The number of carbonyl (C=O) groups is 1. The number of nitrogens with zero attached hydrogens (tertiary/aromatic N) is 2. The van der Waals surface area contributed by atoms with Crippen molar-refractivity contribution in [2.45, 2.75) is 13.0 Å². The fourth-order valence-electron chi connectivity index (χ4n) is 1.64. The van der Waals surface area contributed by atoms with Crippen LogP contribution in [0.5, 0.6) is 0 Å². The molecule has 0 saturated carbocycles. The lowest BCUT2D eigenvalue weighted by Gasteiger charge is -2.24. The van der Waals surface area contributed by atoms with Gasteiger partial charge in [0.2, 0.25) is 0 Å². The Labute approximate surface area is 124 Å². The van der Waals surface area contributed by atoms with Gasteiger partial charge in [0.05, 0.1) is 4.92 Å². The van der Waals surface area contributed by atoms with Crippen molar-refractivity contribution in [3.8, 4) is 0 Å². The number of hydrogen-bond donors (Lipinski definition) is 0. The Bertz CT molecular complexity index is 564. The average Bonchev–Trinajstić information content (AvgIpc) is 2.35. The first-order valence-corrected chi connectivity index (χ1v) is 7.85. The second-order valence-corrected chi connectivity index (χ2v) is 6.32. The molecule has 0 N–H and O–H groups in total. The van der Waals surface area contributed by atoms with Gasteiger partial charge in [0.25, 0.3) is 11.6 Å². The van der Waals surface area contributed by atoms with Crippen LogP contribution in [0.15, 0.2) is 18.2 Å². The molecule has 0 aliphatic heterocycles. The predicted molar refractivity (Wildman–Crippen MR) is 78.6 cm³/mol. The van der Waals surface area contributed by atoms with E-state index in [4.69, 9.17) is 11.6 Å². The number of benzene rings is 1. The molecule has 0 spiro atoms. The van der Waals surface area contributed by atoms with Gasteiger partial charge in [0.15, 0.2) is 0 Å². The summed E-state index contributed by atoms with van der Waals surface area (Å²) in [6.07, 6.45) is 1.57. The Balaban J connectivity index is 2.95. The first kappa shape index (κ1) is 16.6. The van der Waals surface area contributed by atoms with E-state index in [9.17, 15) is 19.1 Å². The topological polar surface area (TPSA) is 80.5 Å².